The first-order valence-electron chi connectivity index (χ1n) is 6.16. The summed E-state index contributed by atoms with van der Waals surface area (Å²) in [6, 6.07) is -0.462. The van der Waals surface area contributed by atoms with Crippen LogP contribution in [0.3, 0.4) is 0 Å². The van der Waals surface area contributed by atoms with Gasteiger partial charge in [-0.15, -0.1) is 0 Å². The van der Waals surface area contributed by atoms with Crippen molar-refractivity contribution in [2.75, 3.05) is 6.54 Å². The molecule has 0 aromatic carbocycles. The number of nitrogens with one attached hydrogen (secondary N) is 1. The van der Waals surface area contributed by atoms with E-state index < -0.39 is 23.0 Å². The van der Waals surface area contributed by atoms with Crippen LogP contribution < -0.4 is 5.32 Å². The van der Waals surface area contributed by atoms with E-state index in [0.29, 0.717) is 12.8 Å². The zero-order chi connectivity index (χ0) is 13.6. The highest BCUT2D eigenvalue weighted by molar-refractivity contribution is 6.07. The molecule has 1 aliphatic carbocycles. The van der Waals surface area contributed by atoms with Crippen molar-refractivity contribution in [2.24, 2.45) is 5.41 Å². The highest BCUT2D eigenvalue weighted by Crippen LogP contribution is 2.36. The van der Waals surface area contributed by atoms with Gasteiger partial charge in [0.15, 0.2) is 0 Å². The van der Waals surface area contributed by atoms with E-state index in [9.17, 15) is 14.4 Å². The molecular weight excluding hydrogens is 236 g/mol. The summed E-state index contributed by atoms with van der Waals surface area (Å²) in [5, 5.41) is 11.8. The molecule has 0 unspecified atom stereocenters. The molecule has 6 nitrogen and oxygen atoms in total. The Hall–Kier alpha value is -1.59. The molecule has 1 saturated carbocycles. The van der Waals surface area contributed by atoms with Crippen LogP contribution >= 0.6 is 0 Å². The van der Waals surface area contributed by atoms with Crippen LogP contribution in [-0.4, -0.2) is 40.0 Å². The van der Waals surface area contributed by atoms with Gasteiger partial charge < -0.3 is 10.4 Å². The van der Waals surface area contributed by atoms with Crippen molar-refractivity contribution in [3.8, 4) is 0 Å². The van der Waals surface area contributed by atoms with E-state index in [4.69, 9.17) is 5.11 Å². The van der Waals surface area contributed by atoms with Gasteiger partial charge in [-0.3, -0.25) is 14.5 Å². The quantitative estimate of drug-likeness (QED) is 0.734. The molecule has 2 fully saturated rings. The molecular formula is C12H18N2O4. The van der Waals surface area contributed by atoms with Crippen LogP contribution in [-0.2, 0) is 9.59 Å². The van der Waals surface area contributed by atoms with Crippen LogP contribution in [0, 0.1) is 5.41 Å². The Morgan fingerprint density at radius 2 is 1.94 bits per heavy atom. The topological polar surface area (TPSA) is 86.7 Å². The van der Waals surface area contributed by atoms with Crippen LogP contribution in [0.4, 0.5) is 4.79 Å². The zero-order valence-electron chi connectivity index (χ0n) is 10.7. The summed E-state index contributed by atoms with van der Waals surface area (Å²) in [7, 11) is 0. The van der Waals surface area contributed by atoms with Crippen molar-refractivity contribution in [1.82, 2.24) is 10.2 Å². The minimum absolute atomic E-state index is 0.0885. The second kappa shape index (κ2) is 3.96. The maximum absolute atomic E-state index is 12.3. The van der Waals surface area contributed by atoms with Gasteiger partial charge in [0.25, 0.3) is 5.91 Å². The average molecular weight is 254 g/mol. The molecule has 18 heavy (non-hydrogen) atoms. The van der Waals surface area contributed by atoms with E-state index in [1.807, 2.05) is 0 Å². The molecule has 1 saturated heterocycles. The molecule has 100 valence electrons. The second-order valence-corrected chi connectivity index (χ2v) is 5.80. The molecule has 1 aliphatic heterocycles. The second-order valence-electron chi connectivity index (χ2n) is 5.80. The summed E-state index contributed by atoms with van der Waals surface area (Å²) in [5.74, 6) is -1.28. The van der Waals surface area contributed by atoms with Crippen molar-refractivity contribution in [3.63, 3.8) is 0 Å². The van der Waals surface area contributed by atoms with E-state index in [2.05, 4.69) is 5.32 Å². The fraction of sp³-hybridized carbons (Fsp3) is 0.750. The molecule has 6 heteroatoms. The number of hydrogen-bond acceptors (Lipinski definition) is 3. The van der Waals surface area contributed by atoms with Gasteiger partial charge in [-0.2, -0.15) is 0 Å². The fourth-order valence-electron chi connectivity index (χ4n) is 2.60. The lowest BCUT2D eigenvalue weighted by molar-refractivity contribution is -0.148. The molecule has 0 aromatic heterocycles. The minimum atomic E-state index is -1.13. The Labute approximate surface area is 105 Å². The van der Waals surface area contributed by atoms with Gasteiger partial charge in [-0.25, -0.2) is 4.79 Å². The number of nitrogens with zero attached hydrogens (tertiary/aromatic N) is 1. The van der Waals surface area contributed by atoms with E-state index in [-0.39, 0.29) is 12.5 Å². The van der Waals surface area contributed by atoms with Crippen LogP contribution in [0.2, 0.25) is 0 Å². The minimum Gasteiger partial charge on any atom is -0.481 e. The standard InChI is InChI=1S/C12H18N2O4/c1-11(2,9(16)17)7-14-8(15)12(13-10(14)18)5-3-4-6-12/h3-7H2,1-2H3,(H,13,18)(H,16,17). The molecule has 0 atom stereocenters. The highest BCUT2D eigenvalue weighted by Gasteiger charge is 2.53. The molecule has 0 bridgehead atoms. The Balaban J connectivity index is 2.18. The number of carboxylic acids is 1. The Morgan fingerprint density at radius 3 is 2.44 bits per heavy atom. The molecule has 0 aromatic rings. The predicted octanol–water partition coefficient (Wildman–Crippen LogP) is 0.962. The summed E-state index contributed by atoms with van der Waals surface area (Å²) in [6.45, 7) is 2.93. The normalized spacial score (nSPS) is 22.7. The van der Waals surface area contributed by atoms with Gasteiger partial charge >= 0.3 is 12.0 Å². The van der Waals surface area contributed by atoms with E-state index in [1.165, 1.54) is 13.8 Å². The number of aliphatic carboxylic acids is 1. The number of hydrogen-bond donors (Lipinski definition) is 2. The third-order valence-corrected chi connectivity index (χ3v) is 3.84. The SMILES string of the molecule is CC(C)(CN1C(=O)NC2(CCCC2)C1=O)C(=O)O. The summed E-state index contributed by atoms with van der Waals surface area (Å²) >= 11 is 0. The largest absolute Gasteiger partial charge is 0.481 e. The van der Waals surface area contributed by atoms with Crippen LogP contribution in [0.25, 0.3) is 0 Å². The fourth-order valence-corrected chi connectivity index (χ4v) is 2.60. The number of carbonyl (C=O) groups excluding carboxylic acids is 2. The van der Waals surface area contributed by atoms with Gasteiger partial charge in [0.2, 0.25) is 0 Å². The lowest BCUT2D eigenvalue weighted by atomic mass is 9.92. The van der Waals surface area contributed by atoms with Gasteiger partial charge in [-0.1, -0.05) is 12.8 Å². The summed E-state index contributed by atoms with van der Waals surface area (Å²) in [5.41, 5.74) is -1.89. The van der Waals surface area contributed by atoms with Crippen LogP contribution in [0.5, 0.6) is 0 Å². The smallest absolute Gasteiger partial charge is 0.325 e. The molecule has 1 spiro atoms. The van der Waals surface area contributed by atoms with Crippen molar-refractivity contribution >= 4 is 17.9 Å². The third kappa shape index (κ3) is 1.85. The average Bonchev–Trinajstić information content (AvgIpc) is 2.81. The van der Waals surface area contributed by atoms with Gasteiger partial charge in [0, 0.05) is 6.54 Å². The summed E-state index contributed by atoms with van der Waals surface area (Å²) in [4.78, 5) is 36.3. The monoisotopic (exact) mass is 254 g/mol. The zero-order valence-corrected chi connectivity index (χ0v) is 10.7. The number of imide groups is 1. The van der Waals surface area contributed by atoms with Crippen molar-refractivity contribution < 1.29 is 19.5 Å². The van der Waals surface area contributed by atoms with E-state index in [1.54, 1.807) is 0 Å². The van der Waals surface area contributed by atoms with E-state index in [0.717, 1.165) is 17.7 Å². The molecule has 3 amide bonds. The molecule has 2 N–H and O–H groups in total. The first kappa shape index (κ1) is 12.9. The molecule has 2 rings (SSSR count). The highest BCUT2D eigenvalue weighted by atomic mass is 16.4. The molecule has 0 radical (unpaired) electrons. The van der Waals surface area contributed by atoms with Crippen molar-refractivity contribution in [1.29, 1.82) is 0 Å². The predicted molar refractivity (Wildman–Crippen MR) is 62.9 cm³/mol. The molecule has 2 aliphatic rings. The van der Waals surface area contributed by atoms with Crippen molar-refractivity contribution in [3.05, 3.63) is 0 Å². The Morgan fingerprint density at radius 1 is 1.39 bits per heavy atom. The number of rotatable bonds is 3. The Bertz CT molecular complexity index is 410. The first-order chi connectivity index (χ1) is 8.28. The Kier molecular flexibility index (Phi) is 2.83. The number of urea groups is 1. The summed E-state index contributed by atoms with van der Waals surface area (Å²) in [6.07, 6.45) is 3.15. The van der Waals surface area contributed by atoms with Crippen molar-refractivity contribution in [2.45, 2.75) is 45.1 Å². The maximum Gasteiger partial charge on any atom is 0.325 e. The number of carboxylic acid groups (broad SMARTS) is 1. The van der Waals surface area contributed by atoms with Gasteiger partial charge in [0.05, 0.1) is 5.41 Å². The lowest BCUT2D eigenvalue weighted by Gasteiger charge is -2.25. The molecule has 1 heterocycles. The summed E-state index contributed by atoms with van der Waals surface area (Å²) < 4.78 is 0. The van der Waals surface area contributed by atoms with Crippen LogP contribution in [0.15, 0.2) is 0 Å². The number of amides is 3. The van der Waals surface area contributed by atoms with Crippen LogP contribution in [0.1, 0.15) is 39.5 Å². The van der Waals surface area contributed by atoms with Gasteiger partial charge in [-0.05, 0) is 26.7 Å². The van der Waals surface area contributed by atoms with Gasteiger partial charge in [0.1, 0.15) is 5.54 Å². The first-order valence-corrected chi connectivity index (χ1v) is 6.16. The van der Waals surface area contributed by atoms with E-state index >= 15 is 0 Å². The third-order valence-electron chi connectivity index (χ3n) is 3.84. The lowest BCUT2D eigenvalue weighted by Crippen LogP contribution is -2.46. The number of carbonyl (C=O) groups is 3. The maximum atomic E-state index is 12.3.